The molecular weight excluding hydrogens is 584 g/mol. The number of carbonyl (C=O) groups is 1. The number of aliphatic carboxylic acids is 1. The molecule has 0 saturated carbocycles. The second-order valence-corrected chi connectivity index (χ2v) is 9.58. The standard InChI is InChI=1S/C31H56O9.C3H4O2/c1-10-19-22-25-28(33-11-2,34-12-3)30(37-15-6,38-16-7)31(39-17-8,40-18-9)29(35-13-4,36-14-5)26-23-20-21-24-27(26)32;1-2-3(4)5/h20-21,23-24,32H,10-19,22,25H2,1-9H3;2H,1H2,(H,4,5). The van der Waals surface area contributed by atoms with Crippen molar-refractivity contribution in [2.24, 2.45) is 0 Å². The summed E-state index contributed by atoms with van der Waals surface area (Å²) in [5.41, 5.74) is 0.305. The van der Waals surface area contributed by atoms with Crippen molar-refractivity contribution in [3.05, 3.63) is 42.5 Å². The maximum absolute atomic E-state index is 11.3. The van der Waals surface area contributed by atoms with Gasteiger partial charge in [0, 0.05) is 65.4 Å². The molecule has 11 nitrogen and oxygen atoms in total. The lowest BCUT2D eigenvalue weighted by Crippen LogP contribution is -2.80. The predicted octanol–water partition coefficient (Wildman–Crippen LogP) is 6.76. The molecule has 1 aromatic rings. The summed E-state index contributed by atoms with van der Waals surface area (Å²) in [7, 11) is 0. The van der Waals surface area contributed by atoms with Crippen LogP contribution in [-0.4, -0.2) is 86.4 Å². The molecule has 262 valence electrons. The number of benzene rings is 1. The minimum Gasteiger partial charge on any atom is -0.507 e. The van der Waals surface area contributed by atoms with E-state index in [0.717, 1.165) is 25.3 Å². The molecule has 0 aliphatic rings. The van der Waals surface area contributed by atoms with Gasteiger partial charge in [-0.3, -0.25) is 0 Å². The van der Waals surface area contributed by atoms with E-state index in [9.17, 15) is 9.90 Å². The second-order valence-electron chi connectivity index (χ2n) is 9.58. The van der Waals surface area contributed by atoms with Crippen molar-refractivity contribution in [2.75, 3.05) is 52.9 Å². The predicted molar refractivity (Wildman–Crippen MR) is 173 cm³/mol. The lowest BCUT2D eigenvalue weighted by atomic mass is 9.81. The largest absolute Gasteiger partial charge is 0.507 e. The molecule has 1 aromatic carbocycles. The number of phenols is 1. The average molecular weight is 645 g/mol. The summed E-state index contributed by atoms with van der Waals surface area (Å²) in [4.78, 5) is 9.25. The Morgan fingerprint density at radius 3 is 1.42 bits per heavy atom. The fourth-order valence-corrected chi connectivity index (χ4v) is 5.49. The highest BCUT2D eigenvalue weighted by molar-refractivity contribution is 5.78. The fourth-order valence-electron chi connectivity index (χ4n) is 5.49. The van der Waals surface area contributed by atoms with Gasteiger partial charge in [-0.05, 0) is 73.9 Å². The fraction of sp³-hybridized carbons (Fsp3) is 0.735. The quantitative estimate of drug-likeness (QED) is 0.0665. The third-order valence-corrected chi connectivity index (χ3v) is 6.75. The maximum Gasteiger partial charge on any atom is 0.327 e. The number of hydrogen-bond acceptors (Lipinski definition) is 10. The first-order valence-electron chi connectivity index (χ1n) is 16.3. The minimum atomic E-state index is -1.99. The Labute approximate surface area is 271 Å². The van der Waals surface area contributed by atoms with Gasteiger partial charge in [0.2, 0.25) is 5.79 Å². The Morgan fingerprint density at radius 2 is 1.07 bits per heavy atom. The molecule has 45 heavy (non-hydrogen) atoms. The van der Waals surface area contributed by atoms with Gasteiger partial charge < -0.3 is 48.1 Å². The Hall–Kier alpha value is -2.09. The van der Waals surface area contributed by atoms with Gasteiger partial charge in [-0.25, -0.2) is 4.79 Å². The molecule has 0 unspecified atom stereocenters. The van der Waals surface area contributed by atoms with Gasteiger partial charge in [0.25, 0.3) is 17.4 Å². The molecule has 0 heterocycles. The van der Waals surface area contributed by atoms with E-state index in [0.29, 0.717) is 25.2 Å². The highest BCUT2D eigenvalue weighted by atomic mass is 16.9. The van der Waals surface area contributed by atoms with Gasteiger partial charge in [-0.15, -0.1) is 0 Å². The van der Waals surface area contributed by atoms with Gasteiger partial charge in [0.1, 0.15) is 5.75 Å². The van der Waals surface area contributed by atoms with Crippen LogP contribution in [0.15, 0.2) is 36.9 Å². The van der Waals surface area contributed by atoms with E-state index in [1.54, 1.807) is 24.3 Å². The second kappa shape index (κ2) is 22.4. The molecule has 0 bridgehead atoms. The number of carboxylic acids is 1. The topological polar surface area (TPSA) is 131 Å². The number of unbranched alkanes of at least 4 members (excludes halogenated alkanes) is 2. The van der Waals surface area contributed by atoms with E-state index < -0.39 is 29.1 Å². The van der Waals surface area contributed by atoms with Crippen molar-refractivity contribution >= 4 is 5.97 Å². The van der Waals surface area contributed by atoms with E-state index in [-0.39, 0.29) is 45.4 Å². The molecule has 1 rings (SSSR count). The summed E-state index contributed by atoms with van der Waals surface area (Å²) < 4.78 is 53.3. The zero-order chi connectivity index (χ0) is 34.4. The number of phenolic OH excluding ortho intramolecular Hbond substituents is 1. The van der Waals surface area contributed by atoms with Crippen LogP contribution in [0.2, 0.25) is 0 Å². The number of aromatic hydroxyl groups is 1. The molecule has 0 saturated heterocycles. The van der Waals surface area contributed by atoms with Crippen molar-refractivity contribution in [3.63, 3.8) is 0 Å². The summed E-state index contributed by atoms with van der Waals surface area (Å²) in [5.74, 6) is -8.29. The highest BCUT2D eigenvalue weighted by Crippen LogP contribution is 2.57. The normalized spacial score (nSPS) is 12.5. The van der Waals surface area contributed by atoms with E-state index in [4.69, 9.17) is 43.0 Å². The summed E-state index contributed by atoms with van der Waals surface area (Å²) >= 11 is 0. The van der Waals surface area contributed by atoms with Crippen LogP contribution < -0.4 is 0 Å². The van der Waals surface area contributed by atoms with Gasteiger partial charge in [0.05, 0.1) is 5.56 Å². The molecule has 0 fully saturated rings. The van der Waals surface area contributed by atoms with Crippen LogP contribution in [0.1, 0.15) is 93.6 Å². The lowest BCUT2D eigenvalue weighted by Gasteiger charge is -2.60. The number of para-hydroxylation sites is 1. The zero-order valence-electron chi connectivity index (χ0n) is 29.1. The van der Waals surface area contributed by atoms with Crippen LogP contribution >= 0.6 is 0 Å². The summed E-state index contributed by atoms with van der Waals surface area (Å²) in [5, 5.41) is 18.9. The summed E-state index contributed by atoms with van der Waals surface area (Å²) in [6.45, 7) is 21.8. The Balaban J connectivity index is 0.00000356. The number of hydrogen-bond donors (Lipinski definition) is 2. The van der Waals surface area contributed by atoms with Gasteiger partial charge in [-0.2, -0.15) is 0 Å². The minimum absolute atomic E-state index is 0.0560. The van der Waals surface area contributed by atoms with Crippen LogP contribution in [0.5, 0.6) is 5.75 Å². The van der Waals surface area contributed by atoms with Crippen molar-refractivity contribution < 1.29 is 52.9 Å². The summed E-state index contributed by atoms with van der Waals surface area (Å²) in [6.07, 6.45) is 3.94. The average Bonchev–Trinajstić information content (AvgIpc) is 3.01. The Kier molecular flexibility index (Phi) is 21.4. The van der Waals surface area contributed by atoms with E-state index >= 15 is 0 Å². The van der Waals surface area contributed by atoms with Crippen molar-refractivity contribution in [1.29, 1.82) is 0 Å². The molecular formula is C34H60O11. The molecule has 0 aliphatic heterocycles. The lowest BCUT2D eigenvalue weighted by molar-refractivity contribution is -0.550. The van der Waals surface area contributed by atoms with Gasteiger partial charge in [-0.1, -0.05) is 38.5 Å². The molecule has 0 aromatic heterocycles. The highest BCUT2D eigenvalue weighted by Gasteiger charge is 2.79. The van der Waals surface area contributed by atoms with Crippen molar-refractivity contribution in [1.82, 2.24) is 0 Å². The van der Waals surface area contributed by atoms with Gasteiger partial charge in [0.15, 0.2) is 0 Å². The number of rotatable bonds is 25. The monoisotopic (exact) mass is 644 g/mol. The first-order chi connectivity index (χ1) is 21.6. The molecule has 0 atom stereocenters. The Bertz CT molecular complexity index is 912. The van der Waals surface area contributed by atoms with E-state index in [1.807, 2.05) is 55.4 Å². The van der Waals surface area contributed by atoms with E-state index in [1.165, 1.54) is 0 Å². The van der Waals surface area contributed by atoms with Gasteiger partial charge >= 0.3 is 5.97 Å². The van der Waals surface area contributed by atoms with Crippen molar-refractivity contribution in [2.45, 2.75) is 111 Å². The first-order valence-corrected chi connectivity index (χ1v) is 16.3. The molecule has 2 N–H and O–H groups in total. The summed E-state index contributed by atoms with van der Waals surface area (Å²) in [6, 6.07) is 6.84. The zero-order valence-corrected chi connectivity index (χ0v) is 29.1. The number of carboxylic acid groups (broad SMARTS) is 1. The van der Waals surface area contributed by atoms with Crippen LogP contribution in [0, 0.1) is 0 Å². The smallest absolute Gasteiger partial charge is 0.327 e. The Morgan fingerprint density at radius 1 is 0.667 bits per heavy atom. The maximum atomic E-state index is 11.3. The third kappa shape index (κ3) is 9.95. The molecule has 0 spiro atoms. The SMILES string of the molecule is C=CC(=O)O.CCCCCC(OCC)(OCC)C(OCC)(OCC)C(OCC)(OCC)C(OCC)(OCC)c1ccccc1O. The van der Waals surface area contributed by atoms with Crippen molar-refractivity contribution in [3.8, 4) is 5.75 Å². The van der Waals surface area contributed by atoms with Crippen LogP contribution in [0.3, 0.4) is 0 Å². The molecule has 11 heteroatoms. The van der Waals surface area contributed by atoms with Crippen LogP contribution in [0.25, 0.3) is 0 Å². The van der Waals surface area contributed by atoms with Crippen LogP contribution in [-0.2, 0) is 48.5 Å². The van der Waals surface area contributed by atoms with E-state index in [2.05, 4.69) is 13.5 Å². The number of ether oxygens (including phenoxy) is 8. The molecule has 0 radical (unpaired) electrons. The molecule has 0 amide bonds. The van der Waals surface area contributed by atoms with Crippen LogP contribution in [0.4, 0.5) is 0 Å². The third-order valence-electron chi connectivity index (χ3n) is 6.75. The first kappa shape index (κ1) is 42.9. The molecule has 0 aliphatic carbocycles.